The Morgan fingerprint density at radius 3 is 2.74 bits per heavy atom. The number of fused-ring (bicyclic) bond motifs is 1. The first kappa shape index (κ1) is 18.0. The molecule has 0 N–H and O–H groups in total. The molecule has 0 saturated carbocycles. The lowest BCUT2D eigenvalue weighted by Gasteiger charge is -2.18. The number of para-hydroxylation sites is 2. The number of amides is 1. The summed E-state index contributed by atoms with van der Waals surface area (Å²) in [6, 6.07) is 14.3. The Labute approximate surface area is 167 Å². The molecule has 2 heterocycles. The third-order valence-corrected chi connectivity index (χ3v) is 5.56. The molecular formula is C22H22BrN3O. The van der Waals surface area contributed by atoms with Crippen molar-refractivity contribution in [2.75, 3.05) is 11.4 Å². The van der Waals surface area contributed by atoms with Crippen LogP contribution in [-0.4, -0.2) is 22.0 Å². The molecule has 0 radical (unpaired) electrons. The summed E-state index contributed by atoms with van der Waals surface area (Å²) in [6.45, 7) is 9.45. The number of aryl methyl sites for hydroxylation is 2. The number of anilines is 1. The van der Waals surface area contributed by atoms with Crippen LogP contribution in [-0.2, 0) is 11.3 Å². The number of carbonyl (C=O) groups is 1. The zero-order valence-electron chi connectivity index (χ0n) is 15.6. The third-order valence-electron chi connectivity index (χ3n) is 5.31. The number of halogens is 1. The van der Waals surface area contributed by atoms with Crippen molar-refractivity contribution in [2.24, 2.45) is 0 Å². The Hall–Kier alpha value is -2.40. The molecule has 5 heteroatoms. The van der Waals surface area contributed by atoms with Crippen molar-refractivity contribution in [3.63, 3.8) is 0 Å². The molecule has 1 unspecified atom stereocenters. The Balaban J connectivity index is 1.71. The van der Waals surface area contributed by atoms with E-state index in [2.05, 4.69) is 59.1 Å². The van der Waals surface area contributed by atoms with E-state index in [1.807, 2.05) is 29.2 Å². The van der Waals surface area contributed by atoms with E-state index in [4.69, 9.17) is 4.98 Å². The van der Waals surface area contributed by atoms with Crippen LogP contribution in [0.3, 0.4) is 0 Å². The van der Waals surface area contributed by atoms with E-state index in [0.717, 1.165) is 27.0 Å². The average molecular weight is 424 g/mol. The van der Waals surface area contributed by atoms with E-state index < -0.39 is 0 Å². The van der Waals surface area contributed by atoms with Gasteiger partial charge in [0, 0.05) is 29.1 Å². The second kappa shape index (κ2) is 6.97. The number of hydrogen-bond acceptors (Lipinski definition) is 2. The van der Waals surface area contributed by atoms with Gasteiger partial charge in [0.25, 0.3) is 0 Å². The van der Waals surface area contributed by atoms with Gasteiger partial charge in [-0.25, -0.2) is 4.98 Å². The van der Waals surface area contributed by atoms with E-state index in [0.29, 0.717) is 19.5 Å². The van der Waals surface area contributed by atoms with Crippen LogP contribution in [0, 0.1) is 13.8 Å². The minimum Gasteiger partial charge on any atom is -0.323 e. The zero-order chi connectivity index (χ0) is 19.1. The van der Waals surface area contributed by atoms with Gasteiger partial charge in [-0.3, -0.25) is 4.79 Å². The summed E-state index contributed by atoms with van der Waals surface area (Å²) in [4.78, 5) is 19.5. The number of imidazole rings is 1. The number of hydrogen-bond donors (Lipinski definition) is 0. The summed E-state index contributed by atoms with van der Waals surface area (Å²) in [6.07, 6.45) is 0.477. The Morgan fingerprint density at radius 2 is 2.00 bits per heavy atom. The van der Waals surface area contributed by atoms with Crippen molar-refractivity contribution in [1.82, 2.24) is 9.55 Å². The van der Waals surface area contributed by atoms with Crippen LogP contribution in [0.15, 0.2) is 53.5 Å². The molecule has 4 rings (SSSR count). The minimum absolute atomic E-state index is 0.0679. The first-order valence-electron chi connectivity index (χ1n) is 9.10. The van der Waals surface area contributed by atoms with Gasteiger partial charge in [-0.2, -0.15) is 0 Å². The van der Waals surface area contributed by atoms with Gasteiger partial charge in [-0.05, 0) is 49.2 Å². The van der Waals surface area contributed by atoms with Crippen LogP contribution in [0.25, 0.3) is 11.0 Å². The molecule has 1 aromatic heterocycles. The maximum atomic E-state index is 12.8. The van der Waals surface area contributed by atoms with Crippen molar-refractivity contribution in [3.05, 3.63) is 70.5 Å². The normalized spacial score (nSPS) is 17.1. The van der Waals surface area contributed by atoms with Gasteiger partial charge < -0.3 is 9.47 Å². The number of carbonyl (C=O) groups excluding carboxylic acids is 1. The van der Waals surface area contributed by atoms with E-state index in [1.165, 1.54) is 11.1 Å². The molecule has 27 heavy (non-hydrogen) atoms. The molecule has 1 aliphatic heterocycles. The Bertz CT molecular complexity index is 1050. The van der Waals surface area contributed by atoms with Gasteiger partial charge in [-0.1, -0.05) is 40.7 Å². The molecule has 2 aromatic carbocycles. The number of rotatable bonds is 4. The third kappa shape index (κ3) is 3.32. The van der Waals surface area contributed by atoms with Crippen molar-refractivity contribution < 1.29 is 4.79 Å². The van der Waals surface area contributed by atoms with Gasteiger partial charge in [0.1, 0.15) is 5.82 Å². The van der Waals surface area contributed by atoms with Gasteiger partial charge >= 0.3 is 0 Å². The zero-order valence-corrected chi connectivity index (χ0v) is 17.2. The van der Waals surface area contributed by atoms with Gasteiger partial charge in [0.2, 0.25) is 5.91 Å². The summed E-state index contributed by atoms with van der Waals surface area (Å²) in [5, 5.41) is 0. The highest BCUT2D eigenvalue weighted by atomic mass is 79.9. The van der Waals surface area contributed by atoms with Crippen LogP contribution in [0.1, 0.15) is 29.3 Å². The molecule has 3 aromatic rings. The predicted octanol–water partition coefficient (Wildman–Crippen LogP) is 5.08. The first-order valence-corrected chi connectivity index (χ1v) is 9.89. The highest BCUT2D eigenvalue weighted by Crippen LogP contribution is 2.34. The van der Waals surface area contributed by atoms with Crippen molar-refractivity contribution >= 4 is 38.6 Å². The fourth-order valence-electron chi connectivity index (χ4n) is 3.77. The molecule has 1 amide bonds. The van der Waals surface area contributed by atoms with Crippen LogP contribution < -0.4 is 4.90 Å². The smallest absolute Gasteiger partial charge is 0.227 e. The van der Waals surface area contributed by atoms with Gasteiger partial charge in [-0.15, -0.1) is 0 Å². The quantitative estimate of drug-likeness (QED) is 0.586. The molecule has 4 nitrogen and oxygen atoms in total. The SMILES string of the molecule is C=C(Br)Cn1c(C2CC(=O)N(c3ccc(C)c(C)c3)C2)nc2ccccc21. The summed E-state index contributed by atoms with van der Waals surface area (Å²) in [7, 11) is 0. The highest BCUT2D eigenvalue weighted by molar-refractivity contribution is 9.11. The van der Waals surface area contributed by atoms with E-state index in [1.54, 1.807) is 0 Å². The van der Waals surface area contributed by atoms with E-state index in [-0.39, 0.29) is 11.8 Å². The number of allylic oxidation sites excluding steroid dienone is 1. The Kier molecular flexibility index (Phi) is 4.64. The van der Waals surface area contributed by atoms with Crippen LogP contribution >= 0.6 is 15.9 Å². The standard InChI is InChI=1S/C22H22BrN3O/c1-14-8-9-18(10-15(14)2)25-13-17(11-21(25)27)22-24-19-6-4-5-7-20(19)26(22)12-16(3)23/h4-10,17H,3,11-13H2,1-2H3. The molecular weight excluding hydrogens is 402 g/mol. The van der Waals surface area contributed by atoms with E-state index in [9.17, 15) is 4.79 Å². The second-order valence-corrected chi connectivity index (χ2v) is 8.36. The Morgan fingerprint density at radius 1 is 1.22 bits per heavy atom. The highest BCUT2D eigenvalue weighted by Gasteiger charge is 2.34. The fraction of sp³-hybridized carbons (Fsp3) is 0.273. The lowest BCUT2D eigenvalue weighted by molar-refractivity contribution is -0.117. The molecule has 1 saturated heterocycles. The summed E-state index contributed by atoms with van der Waals surface area (Å²) >= 11 is 3.48. The summed E-state index contributed by atoms with van der Waals surface area (Å²) in [5.41, 5.74) is 5.44. The van der Waals surface area contributed by atoms with Gasteiger partial charge in [0.05, 0.1) is 17.6 Å². The van der Waals surface area contributed by atoms with Crippen molar-refractivity contribution in [1.29, 1.82) is 0 Å². The van der Waals surface area contributed by atoms with Crippen molar-refractivity contribution in [3.8, 4) is 0 Å². The predicted molar refractivity (Wildman–Crippen MR) is 113 cm³/mol. The number of aromatic nitrogens is 2. The maximum Gasteiger partial charge on any atom is 0.227 e. The van der Waals surface area contributed by atoms with Crippen LogP contribution in [0.5, 0.6) is 0 Å². The molecule has 0 bridgehead atoms. The van der Waals surface area contributed by atoms with Gasteiger partial charge in [0.15, 0.2) is 0 Å². The lowest BCUT2D eigenvalue weighted by atomic mass is 10.1. The minimum atomic E-state index is 0.0679. The lowest BCUT2D eigenvalue weighted by Crippen LogP contribution is -2.24. The molecule has 1 fully saturated rings. The monoisotopic (exact) mass is 423 g/mol. The summed E-state index contributed by atoms with van der Waals surface area (Å²) in [5.74, 6) is 1.18. The van der Waals surface area contributed by atoms with Crippen LogP contribution in [0.2, 0.25) is 0 Å². The number of benzene rings is 2. The first-order chi connectivity index (χ1) is 12.9. The average Bonchev–Trinajstić information content (AvgIpc) is 3.18. The van der Waals surface area contributed by atoms with Crippen molar-refractivity contribution in [2.45, 2.75) is 32.7 Å². The molecule has 0 aliphatic carbocycles. The second-order valence-electron chi connectivity index (χ2n) is 7.24. The topological polar surface area (TPSA) is 38.1 Å². The maximum absolute atomic E-state index is 12.8. The molecule has 138 valence electrons. The largest absolute Gasteiger partial charge is 0.323 e. The molecule has 0 spiro atoms. The molecule has 1 atom stereocenters. The summed E-state index contributed by atoms with van der Waals surface area (Å²) < 4.78 is 3.07. The van der Waals surface area contributed by atoms with E-state index >= 15 is 0 Å². The molecule has 1 aliphatic rings. The van der Waals surface area contributed by atoms with Crippen LogP contribution in [0.4, 0.5) is 5.69 Å². The fourth-order valence-corrected chi connectivity index (χ4v) is 4.02. The number of nitrogens with zero attached hydrogens (tertiary/aromatic N) is 3.